The summed E-state index contributed by atoms with van der Waals surface area (Å²) in [6, 6.07) is 12.8. The van der Waals surface area contributed by atoms with E-state index in [0.29, 0.717) is 27.8 Å². The zero-order valence-electron chi connectivity index (χ0n) is 13.3. The van der Waals surface area contributed by atoms with Gasteiger partial charge in [-0.3, -0.25) is 4.98 Å². The molecule has 2 aromatic rings. The van der Waals surface area contributed by atoms with Gasteiger partial charge in [-0.1, -0.05) is 29.8 Å². The molecule has 8 heteroatoms. The lowest BCUT2D eigenvalue weighted by Crippen LogP contribution is -2.28. The summed E-state index contributed by atoms with van der Waals surface area (Å²) in [4.78, 5) is 5.92. The second-order valence-corrected chi connectivity index (χ2v) is 7.41. The zero-order valence-corrected chi connectivity index (χ0v) is 14.9. The number of allylic oxidation sites excluding steroid dienone is 2. The maximum absolute atomic E-state index is 11.8. The van der Waals surface area contributed by atoms with Crippen LogP contribution in [-0.4, -0.2) is 24.1 Å². The minimum atomic E-state index is -3.66. The molecule has 1 aromatic carbocycles. The lowest BCUT2D eigenvalue weighted by Gasteiger charge is -2.25. The molecule has 0 unspecified atom stereocenters. The van der Waals surface area contributed by atoms with Gasteiger partial charge >= 0.3 is 0 Å². The fourth-order valence-corrected chi connectivity index (χ4v) is 3.48. The molecule has 0 radical (unpaired) electrons. The molecule has 0 N–H and O–H groups in total. The van der Waals surface area contributed by atoms with E-state index in [0.717, 1.165) is 5.41 Å². The van der Waals surface area contributed by atoms with Gasteiger partial charge in [0, 0.05) is 18.0 Å². The van der Waals surface area contributed by atoms with Crippen LogP contribution in [0.25, 0.3) is 5.57 Å². The minimum Gasteiger partial charge on any atom is -0.456 e. The van der Waals surface area contributed by atoms with Crippen LogP contribution in [0.4, 0.5) is 0 Å². The SMILES string of the molecule is O=S1(=O)C=CN2C=C(Cl)C=C(c3ccc(Oc4ccccc4)cn3)C2=N1. The third-order valence-electron chi connectivity index (χ3n) is 3.63. The standard InChI is InChI=1S/C18H12ClN3O3S/c19-13-10-16(18-21-26(23,24)9-8-22(18)12-13)17-7-6-15(11-20-17)25-14-4-2-1-3-5-14/h1-12H. The average molecular weight is 386 g/mol. The van der Waals surface area contributed by atoms with Crippen LogP contribution in [0.2, 0.25) is 0 Å². The Morgan fingerprint density at radius 1 is 1.04 bits per heavy atom. The first kappa shape index (κ1) is 16.6. The molecule has 2 aliphatic rings. The molecule has 0 bridgehead atoms. The Morgan fingerprint density at radius 2 is 1.85 bits per heavy atom. The van der Waals surface area contributed by atoms with Crippen molar-refractivity contribution in [2.24, 2.45) is 4.40 Å². The Bertz CT molecular complexity index is 1070. The van der Waals surface area contributed by atoms with Crippen molar-refractivity contribution in [3.8, 4) is 11.5 Å². The molecule has 0 spiro atoms. The molecule has 130 valence electrons. The van der Waals surface area contributed by atoms with Crippen LogP contribution in [0.1, 0.15) is 5.69 Å². The quantitative estimate of drug-likeness (QED) is 0.802. The molecule has 0 amide bonds. The summed E-state index contributed by atoms with van der Waals surface area (Å²) in [5.41, 5.74) is 1.04. The van der Waals surface area contributed by atoms with Gasteiger partial charge in [-0.15, -0.1) is 4.40 Å². The lowest BCUT2D eigenvalue weighted by molar-refractivity contribution is 0.480. The highest BCUT2D eigenvalue weighted by molar-refractivity contribution is 7.93. The number of halogens is 1. The van der Waals surface area contributed by atoms with Crippen LogP contribution in [0.5, 0.6) is 11.5 Å². The second-order valence-electron chi connectivity index (χ2n) is 5.49. The molecule has 0 aliphatic carbocycles. The lowest BCUT2D eigenvalue weighted by atomic mass is 10.1. The summed E-state index contributed by atoms with van der Waals surface area (Å²) in [6.07, 6.45) is 6.18. The number of amidine groups is 1. The van der Waals surface area contributed by atoms with Gasteiger partial charge < -0.3 is 9.64 Å². The molecule has 3 heterocycles. The van der Waals surface area contributed by atoms with E-state index in [1.807, 2.05) is 30.3 Å². The number of para-hydroxylation sites is 1. The first-order valence-electron chi connectivity index (χ1n) is 7.60. The molecule has 1 aromatic heterocycles. The maximum atomic E-state index is 11.8. The van der Waals surface area contributed by atoms with Crippen molar-refractivity contribution in [3.63, 3.8) is 0 Å². The van der Waals surface area contributed by atoms with Gasteiger partial charge in [0.05, 0.1) is 22.3 Å². The number of benzene rings is 1. The fraction of sp³-hybridized carbons (Fsp3) is 0. The summed E-state index contributed by atoms with van der Waals surface area (Å²) >= 11 is 6.14. The molecule has 26 heavy (non-hydrogen) atoms. The van der Waals surface area contributed by atoms with E-state index in [-0.39, 0.29) is 5.84 Å². The maximum Gasteiger partial charge on any atom is 0.278 e. The highest BCUT2D eigenvalue weighted by Crippen LogP contribution is 2.30. The van der Waals surface area contributed by atoms with Crippen molar-refractivity contribution >= 4 is 33.0 Å². The van der Waals surface area contributed by atoms with Crippen LogP contribution < -0.4 is 4.74 Å². The van der Waals surface area contributed by atoms with Gasteiger partial charge in [-0.2, -0.15) is 8.42 Å². The fourth-order valence-electron chi connectivity index (χ4n) is 2.49. The first-order chi connectivity index (χ1) is 12.5. The summed E-state index contributed by atoms with van der Waals surface area (Å²) in [6.45, 7) is 0. The monoisotopic (exact) mass is 385 g/mol. The van der Waals surface area contributed by atoms with E-state index in [1.54, 1.807) is 35.5 Å². The molecule has 0 atom stereocenters. The Hall–Kier alpha value is -2.90. The predicted molar refractivity (Wildman–Crippen MR) is 100.0 cm³/mol. The Kier molecular flexibility index (Phi) is 4.10. The van der Waals surface area contributed by atoms with E-state index < -0.39 is 10.0 Å². The topological polar surface area (TPSA) is 71.9 Å². The number of sulfonamides is 1. The number of fused-ring (bicyclic) bond motifs is 1. The van der Waals surface area contributed by atoms with Crippen molar-refractivity contribution in [2.75, 3.05) is 0 Å². The summed E-state index contributed by atoms with van der Waals surface area (Å²) in [5.74, 6) is 1.51. The summed E-state index contributed by atoms with van der Waals surface area (Å²) < 4.78 is 33.1. The molecule has 2 aliphatic heterocycles. The highest BCUT2D eigenvalue weighted by Gasteiger charge is 2.26. The number of rotatable bonds is 3. The van der Waals surface area contributed by atoms with E-state index in [2.05, 4.69) is 9.38 Å². The Balaban J connectivity index is 1.66. The molecule has 0 saturated carbocycles. The van der Waals surface area contributed by atoms with Crippen molar-refractivity contribution in [2.45, 2.75) is 0 Å². The molecule has 6 nitrogen and oxygen atoms in total. The number of pyridine rings is 1. The van der Waals surface area contributed by atoms with Crippen LogP contribution in [0, 0.1) is 0 Å². The molecule has 4 rings (SSSR count). The molecule has 0 fully saturated rings. The summed E-state index contributed by atoms with van der Waals surface area (Å²) in [5, 5.41) is 1.46. The van der Waals surface area contributed by atoms with E-state index >= 15 is 0 Å². The third kappa shape index (κ3) is 3.40. The largest absolute Gasteiger partial charge is 0.456 e. The van der Waals surface area contributed by atoms with Crippen molar-refractivity contribution in [1.82, 2.24) is 9.88 Å². The van der Waals surface area contributed by atoms with Crippen LogP contribution in [0.3, 0.4) is 0 Å². The molecular weight excluding hydrogens is 374 g/mol. The Labute approximate surface area is 155 Å². The van der Waals surface area contributed by atoms with Gasteiger partial charge in [-0.25, -0.2) is 0 Å². The molecular formula is C18H12ClN3O3S. The van der Waals surface area contributed by atoms with Crippen LogP contribution in [0.15, 0.2) is 82.0 Å². The normalized spacial score (nSPS) is 17.7. The first-order valence-corrected chi connectivity index (χ1v) is 9.48. The number of aromatic nitrogens is 1. The van der Waals surface area contributed by atoms with Crippen molar-refractivity contribution in [3.05, 3.63) is 83.3 Å². The van der Waals surface area contributed by atoms with Crippen molar-refractivity contribution < 1.29 is 13.2 Å². The van der Waals surface area contributed by atoms with Gasteiger partial charge in [0.1, 0.15) is 11.5 Å². The van der Waals surface area contributed by atoms with Gasteiger partial charge in [-0.05, 0) is 30.3 Å². The smallest absolute Gasteiger partial charge is 0.278 e. The predicted octanol–water partition coefficient (Wildman–Crippen LogP) is 3.87. The summed E-state index contributed by atoms with van der Waals surface area (Å²) in [7, 11) is -3.66. The van der Waals surface area contributed by atoms with Gasteiger partial charge in [0.2, 0.25) is 0 Å². The third-order valence-corrected chi connectivity index (χ3v) is 4.73. The van der Waals surface area contributed by atoms with E-state index in [4.69, 9.17) is 16.3 Å². The average Bonchev–Trinajstić information content (AvgIpc) is 2.63. The second kappa shape index (κ2) is 6.44. The van der Waals surface area contributed by atoms with Crippen molar-refractivity contribution in [1.29, 1.82) is 0 Å². The number of hydrogen-bond donors (Lipinski definition) is 0. The highest BCUT2D eigenvalue weighted by atomic mass is 35.5. The van der Waals surface area contributed by atoms with E-state index in [1.165, 1.54) is 6.20 Å². The van der Waals surface area contributed by atoms with Gasteiger partial charge in [0.25, 0.3) is 10.0 Å². The van der Waals surface area contributed by atoms with Gasteiger partial charge in [0.15, 0.2) is 5.84 Å². The number of nitrogens with zero attached hydrogens (tertiary/aromatic N) is 3. The zero-order chi connectivity index (χ0) is 18.1. The van der Waals surface area contributed by atoms with Crippen LogP contribution >= 0.6 is 11.6 Å². The van der Waals surface area contributed by atoms with E-state index in [9.17, 15) is 8.42 Å². The Morgan fingerprint density at radius 3 is 2.58 bits per heavy atom. The number of hydrogen-bond acceptors (Lipinski definition) is 5. The number of ether oxygens (including phenoxy) is 1. The molecule has 0 saturated heterocycles. The minimum absolute atomic E-state index is 0.251. The van der Waals surface area contributed by atoms with Crippen LogP contribution in [-0.2, 0) is 10.0 Å².